The highest BCUT2D eigenvalue weighted by atomic mass is 79.9. The molecule has 10 heteroatoms. The van der Waals surface area contributed by atoms with Gasteiger partial charge in [0.15, 0.2) is 0 Å². The molecule has 0 saturated heterocycles. The summed E-state index contributed by atoms with van der Waals surface area (Å²) in [5.41, 5.74) is 0.240. The van der Waals surface area contributed by atoms with Crippen molar-refractivity contribution in [2.75, 3.05) is 11.9 Å². The molecule has 2 N–H and O–H groups in total. The number of rotatable bonds is 3. The summed E-state index contributed by atoms with van der Waals surface area (Å²) < 4.78 is 3.19. The van der Waals surface area contributed by atoms with Crippen LogP contribution in [0.5, 0.6) is 0 Å². The van der Waals surface area contributed by atoms with E-state index in [0.717, 1.165) is 0 Å². The Morgan fingerprint density at radius 2 is 1.91 bits per heavy atom. The number of urea groups is 1. The van der Waals surface area contributed by atoms with E-state index in [2.05, 4.69) is 21.2 Å². The fourth-order valence-corrected chi connectivity index (χ4v) is 1.84. The van der Waals surface area contributed by atoms with Crippen LogP contribution in [0.15, 0.2) is 22.7 Å². The normalized spacial score (nSPS) is 10.8. The molecule has 0 radical (unpaired) electrons. The largest absolute Gasteiger partial charge is 0.462 e. The summed E-state index contributed by atoms with van der Waals surface area (Å²) in [5, 5.41) is 4.15. The Labute approximate surface area is 149 Å². The molecule has 0 aromatic heterocycles. The average Bonchev–Trinajstić information content (AvgIpc) is 2.37. The zero-order chi connectivity index (χ0) is 16.9. The molecule has 0 aliphatic carbocycles. The van der Waals surface area contributed by atoms with Crippen molar-refractivity contribution < 1.29 is 19.1 Å². The monoisotopic (exact) mass is 430 g/mol. The molecule has 0 aliphatic heterocycles. The van der Waals surface area contributed by atoms with Crippen molar-refractivity contribution in [2.24, 2.45) is 0 Å². The summed E-state index contributed by atoms with van der Waals surface area (Å²) in [6.07, 6.45) is 0. The van der Waals surface area contributed by atoms with E-state index in [0.29, 0.717) is 4.47 Å². The molecule has 0 atom stereocenters. The van der Waals surface area contributed by atoms with Gasteiger partial charge in [0.25, 0.3) is 9.70 Å². The van der Waals surface area contributed by atoms with Crippen molar-refractivity contribution in [3.8, 4) is 0 Å². The Morgan fingerprint density at radius 3 is 2.45 bits per heavy atom. The van der Waals surface area contributed by atoms with Gasteiger partial charge in [-0.15, -0.1) is 0 Å². The van der Waals surface area contributed by atoms with Gasteiger partial charge < -0.3 is 10.1 Å². The number of amides is 3. The van der Waals surface area contributed by atoms with Crippen molar-refractivity contribution >= 4 is 74.3 Å². The van der Waals surface area contributed by atoms with Gasteiger partial charge in [0.2, 0.25) is 0 Å². The van der Waals surface area contributed by atoms with E-state index >= 15 is 0 Å². The third-order valence-corrected chi connectivity index (χ3v) is 3.22. The van der Waals surface area contributed by atoms with Crippen LogP contribution in [0.4, 0.5) is 10.5 Å². The Morgan fingerprint density at radius 1 is 1.27 bits per heavy atom. The lowest BCUT2D eigenvalue weighted by Crippen LogP contribution is -2.41. The van der Waals surface area contributed by atoms with Crippen molar-refractivity contribution in [1.29, 1.82) is 0 Å². The average molecular weight is 432 g/mol. The van der Waals surface area contributed by atoms with E-state index in [1.807, 2.05) is 5.32 Å². The zero-order valence-electron chi connectivity index (χ0n) is 11.1. The fourth-order valence-electron chi connectivity index (χ4n) is 1.33. The van der Waals surface area contributed by atoms with Crippen LogP contribution in [0.2, 0.25) is 0 Å². The third-order valence-electron chi connectivity index (χ3n) is 2.21. The predicted octanol–water partition coefficient (Wildman–Crippen LogP) is 3.64. The Kier molecular flexibility index (Phi) is 6.93. The van der Waals surface area contributed by atoms with Crippen LogP contribution >= 0.6 is 50.7 Å². The number of alkyl halides is 3. The first-order chi connectivity index (χ1) is 10.1. The van der Waals surface area contributed by atoms with E-state index in [4.69, 9.17) is 39.5 Å². The molecule has 22 heavy (non-hydrogen) atoms. The highest BCUT2D eigenvalue weighted by molar-refractivity contribution is 9.10. The number of hydrogen-bond donors (Lipinski definition) is 2. The predicted molar refractivity (Wildman–Crippen MR) is 87.5 cm³/mol. The molecule has 0 aliphatic rings. The van der Waals surface area contributed by atoms with Crippen LogP contribution in [0.3, 0.4) is 0 Å². The topological polar surface area (TPSA) is 84.5 Å². The molecule has 1 aromatic rings. The van der Waals surface area contributed by atoms with Crippen molar-refractivity contribution in [3.63, 3.8) is 0 Å². The minimum Gasteiger partial charge on any atom is -0.462 e. The molecule has 6 nitrogen and oxygen atoms in total. The molecule has 3 amide bonds. The zero-order valence-corrected chi connectivity index (χ0v) is 14.9. The molecule has 0 spiro atoms. The van der Waals surface area contributed by atoms with Crippen molar-refractivity contribution in [3.05, 3.63) is 28.2 Å². The summed E-state index contributed by atoms with van der Waals surface area (Å²) in [6.45, 7) is 1.82. The summed E-state index contributed by atoms with van der Waals surface area (Å²) in [6, 6.07) is 3.56. The second kappa shape index (κ2) is 8.01. The molecule has 0 bridgehead atoms. The SMILES string of the molecule is CCOC(=O)c1ccc(Br)cc1NC(=O)NC(=O)C(Cl)(Cl)Cl. The number of carbonyl (C=O) groups is 3. The Balaban J connectivity index is 2.92. The van der Waals surface area contributed by atoms with Gasteiger partial charge in [0.05, 0.1) is 17.9 Å². The van der Waals surface area contributed by atoms with Gasteiger partial charge in [-0.2, -0.15) is 0 Å². The van der Waals surface area contributed by atoms with Gasteiger partial charge in [-0.1, -0.05) is 50.7 Å². The minimum absolute atomic E-state index is 0.113. The molecule has 0 saturated carbocycles. The summed E-state index contributed by atoms with van der Waals surface area (Å²) in [7, 11) is 0. The molecular weight excluding hydrogens is 422 g/mol. The number of halogens is 4. The van der Waals surface area contributed by atoms with E-state index in [1.54, 1.807) is 13.0 Å². The molecule has 1 aromatic carbocycles. The number of anilines is 1. The molecule has 0 unspecified atom stereocenters. The van der Waals surface area contributed by atoms with E-state index < -0.39 is 21.7 Å². The third kappa shape index (κ3) is 5.64. The van der Waals surface area contributed by atoms with Gasteiger partial charge >= 0.3 is 12.0 Å². The highest BCUT2D eigenvalue weighted by Crippen LogP contribution is 2.26. The maximum Gasteiger partial charge on any atom is 0.340 e. The summed E-state index contributed by atoms with van der Waals surface area (Å²) in [5.74, 6) is -1.75. The van der Waals surface area contributed by atoms with Gasteiger partial charge in [0.1, 0.15) is 0 Å². The van der Waals surface area contributed by atoms with Crippen LogP contribution in [0.1, 0.15) is 17.3 Å². The number of esters is 1. The van der Waals surface area contributed by atoms with E-state index in [-0.39, 0.29) is 17.9 Å². The number of carbonyl (C=O) groups excluding carboxylic acids is 3. The minimum atomic E-state index is -2.28. The quantitative estimate of drug-likeness (QED) is 0.564. The molecule has 120 valence electrons. The van der Waals surface area contributed by atoms with Gasteiger partial charge in [0, 0.05) is 4.47 Å². The van der Waals surface area contributed by atoms with Crippen LogP contribution in [-0.2, 0) is 9.53 Å². The van der Waals surface area contributed by atoms with Crippen molar-refractivity contribution in [2.45, 2.75) is 10.7 Å². The van der Waals surface area contributed by atoms with Crippen LogP contribution in [0.25, 0.3) is 0 Å². The van der Waals surface area contributed by atoms with Crippen LogP contribution in [0, 0.1) is 0 Å². The summed E-state index contributed by atoms with van der Waals surface area (Å²) >= 11 is 19.2. The molecule has 0 fully saturated rings. The Hall–Kier alpha value is -1.02. The lowest BCUT2D eigenvalue weighted by atomic mass is 10.2. The molecular formula is C12H10BrCl3N2O4. The lowest BCUT2D eigenvalue weighted by Gasteiger charge is -2.13. The first-order valence-electron chi connectivity index (χ1n) is 5.81. The number of benzene rings is 1. The van der Waals surface area contributed by atoms with Gasteiger partial charge in [-0.05, 0) is 25.1 Å². The first kappa shape index (κ1) is 19.0. The maximum absolute atomic E-state index is 11.8. The number of hydrogen-bond acceptors (Lipinski definition) is 4. The summed E-state index contributed by atoms with van der Waals surface area (Å²) in [4.78, 5) is 34.9. The smallest absolute Gasteiger partial charge is 0.340 e. The van der Waals surface area contributed by atoms with Gasteiger partial charge in [-0.3, -0.25) is 10.1 Å². The molecule has 0 heterocycles. The highest BCUT2D eigenvalue weighted by Gasteiger charge is 2.32. The van der Waals surface area contributed by atoms with E-state index in [1.165, 1.54) is 12.1 Å². The van der Waals surface area contributed by atoms with E-state index in [9.17, 15) is 14.4 Å². The van der Waals surface area contributed by atoms with Crippen LogP contribution < -0.4 is 10.6 Å². The van der Waals surface area contributed by atoms with Crippen molar-refractivity contribution in [1.82, 2.24) is 5.32 Å². The second-order valence-electron chi connectivity index (χ2n) is 3.82. The maximum atomic E-state index is 11.8. The first-order valence-corrected chi connectivity index (χ1v) is 7.73. The standard InChI is InChI=1S/C12H10BrCl3N2O4/c1-2-22-9(19)7-4-3-6(13)5-8(7)17-11(21)18-10(20)12(14,15)16/h3-5H,2H2,1H3,(H2,17,18,20,21). The number of nitrogens with one attached hydrogen (secondary N) is 2. The van der Waals surface area contributed by atoms with Crippen LogP contribution in [-0.4, -0.2) is 28.3 Å². The lowest BCUT2D eigenvalue weighted by molar-refractivity contribution is -0.119. The fraction of sp³-hybridized carbons (Fsp3) is 0.250. The van der Waals surface area contributed by atoms with Gasteiger partial charge in [-0.25, -0.2) is 9.59 Å². The number of imide groups is 1. The number of ether oxygens (including phenoxy) is 1. The second-order valence-corrected chi connectivity index (χ2v) is 7.01. The molecule has 1 rings (SSSR count). The Bertz CT molecular complexity index is 605.